The molecule has 0 spiro atoms. The maximum Gasteiger partial charge on any atom is 0.161 e. The lowest BCUT2D eigenvalue weighted by molar-refractivity contribution is 0.157. The van der Waals surface area contributed by atoms with Gasteiger partial charge in [-0.2, -0.15) is 0 Å². The first-order valence-electron chi connectivity index (χ1n) is 7.79. The van der Waals surface area contributed by atoms with Gasteiger partial charge in [0.05, 0.1) is 14.2 Å². The Balaban J connectivity index is 2.08. The molecule has 0 amide bonds. The van der Waals surface area contributed by atoms with E-state index in [9.17, 15) is 0 Å². The van der Waals surface area contributed by atoms with Crippen molar-refractivity contribution >= 4 is 15.9 Å². The maximum atomic E-state index is 5.41. The maximum absolute atomic E-state index is 5.41. The molecule has 0 aliphatic heterocycles. The number of benzene rings is 1. The molecule has 0 unspecified atom stereocenters. The van der Waals surface area contributed by atoms with E-state index in [0.29, 0.717) is 0 Å². The van der Waals surface area contributed by atoms with Gasteiger partial charge in [0.2, 0.25) is 0 Å². The van der Waals surface area contributed by atoms with Gasteiger partial charge in [-0.15, -0.1) is 0 Å². The Bertz CT molecular complexity index is 433. The minimum atomic E-state index is 0.726. The molecule has 118 valence electrons. The molecule has 4 heteroatoms. The van der Waals surface area contributed by atoms with E-state index in [1.54, 1.807) is 14.2 Å². The first-order valence-corrected chi connectivity index (χ1v) is 8.91. The molecule has 21 heavy (non-hydrogen) atoms. The van der Waals surface area contributed by atoms with Crippen LogP contribution in [0.2, 0.25) is 0 Å². The van der Waals surface area contributed by atoms with Crippen molar-refractivity contribution in [3.05, 3.63) is 23.8 Å². The average Bonchev–Trinajstić information content (AvgIpc) is 2.55. The smallest absolute Gasteiger partial charge is 0.161 e. The highest BCUT2D eigenvalue weighted by molar-refractivity contribution is 9.09. The summed E-state index contributed by atoms with van der Waals surface area (Å²) in [7, 11) is 3.37. The lowest BCUT2D eigenvalue weighted by atomic mass is 9.94. The van der Waals surface area contributed by atoms with E-state index in [2.05, 4.69) is 33.0 Å². The van der Waals surface area contributed by atoms with Crippen molar-refractivity contribution in [2.24, 2.45) is 0 Å². The summed E-state index contributed by atoms with van der Waals surface area (Å²) in [6.07, 6.45) is 6.81. The van der Waals surface area contributed by atoms with Gasteiger partial charge in [0, 0.05) is 24.5 Å². The van der Waals surface area contributed by atoms with Crippen LogP contribution in [0.25, 0.3) is 0 Å². The highest BCUT2D eigenvalue weighted by Crippen LogP contribution is 2.29. The second-order valence-corrected chi connectivity index (χ2v) is 6.43. The molecule has 2 rings (SSSR count). The first kappa shape index (κ1) is 16.6. The van der Waals surface area contributed by atoms with Crippen LogP contribution in [0.1, 0.15) is 37.7 Å². The predicted molar refractivity (Wildman–Crippen MR) is 90.6 cm³/mol. The highest BCUT2D eigenvalue weighted by Gasteiger charge is 2.21. The van der Waals surface area contributed by atoms with E-state index < -0.39 is 0 Å². The fraction of sp³-hybridized carbons (Fsp3) is 0.647. The largest absolute Gasteiger partial charge is 0.493 e. The van der Waals surface area contributed by atoms with Crippen LogP contribution in [0.3, 0.4) is 0 Å². The zero-order valence-corrected chi connectivity index (χ0v) is 14.7. The molecule has 1 aromatic carbocycles. The summed E-state index contributed by atoms with van der Waals surface area (Å²) in [6, 6.07) is 6.97. The first-order chi connectivity index (χ1) is 10.3. The van der Waals surface area contributed by atoms with E-state index in [1.807, 2.05) is 6.07 Å². The number of halogens is 1. The molecule has 1 aliphatic rings. The van der Waals surface area contributed by atoms with Crippen molar-refractivity contribution < 1.29 is 9.47 Å². The van der Waals surface area contributed by atoms with Crippen molar-refractivity contribution in [3.63, 3.8) is 0 Å². The Hall–Kier alpha value is -0.740. The van der Waals surface area contributed by atoms with Crippen molar-refractivity contribution in [1.29, 1.82) is 0 Å². The van der Waals surface area contributed by atoms with Crippen LogP contribution in [0.4, 0.5) is 0 Å². The summed E-state index contributed by atoms with van der Waals surface area (Å²) in [4.78, 5) is 2.61. The monoisotopic (exact) mass is 355 g/mol. The van der Waals surface area contributed by atoms with Crippen LogP contribution >= 0.6 is 15.9 Å². The number of alkyl halides is 1. The predicted octanol–water partition coefficient (Wildman–Crippen LogP) is 4.23. The van der Waals surface area contributed by atoms with Gasteiger partial charge in [0.1, 0.15) is 0 Å². The Morgan fingerprint density at radius 3 is 2.43 bits per heavy atom. The molecule has 0 saturated heterocycles. The van der Waals surface area contributed by atoms with Gasteiger partial charge in [-0.25, -0.2) is 0 Å². The van der Waals surface area contributed by atoms with Crippen LogP contribution in [-0.4, -0.2) is 37.0 Å². The van der Waals surface area contributed by atoms with E-state index >= 15 is 0 Å². The van der Waals surface area contributed by atoms with E-state index in [1.165, 1.54) is 37.7 Å². The van der Waals surface area contributed by atoms with Gasteiger partial charge in [0.25, 0.3) is 0 Å². The number of nitrogens with zero attached hydrogens (tertiary/aromatic N) is 1. The van der Waals surface area contributed by atoms with Gasteiger partial charge in [0.15, 0.2) is 11.5 Å². The Kier molecular flexibility index (Phi) is 6.84. The van der Waals surface area contributed by atoms with E-state index in [4.69, 9.17) is 9.47 Å². The zero-order chi connectivity index (χ0) is 15.1. The lowest BCUT2D eigenvalue weighted by Crippen LogP contribution is -2.37. The van der Waals surface area contributed by atoms with E-state index in [-0.39, 0.29) is 0 Å². The number of rotatable bonds is 7. The Morgan fingerprint density at radius 1 is 1.10 bits per heavy atom. The Labute approximate surface area is 136 Å². The molecule has 1 saturated carbocycles. The number of methoxy groups -OCH3 is 2. The van der Waals surface area contributed by atoms with Crippen LogP contribution < -0.4 is 9.47 Å². The summed E-state index contributed by atoms with van der Waals surface area (Å²) in [6.45, 7) is 2.08. The second kappa shape index (κ2) is 8.64. The molecule has 1 fully saturated rings. The molecule has 0 N–H and O–H groups in total. The fourth-order valence-corrected chi connectivity index (χ4v) is 3.61. The third-order valence-corrected chi connectivity index (χ3v) is 4.65. The summed E-state index contributed by atoms with van der Waals surface area (Å²) in [5, 5.41) is 1.02. The highest BCUT2D eigenvalue weighted by atomic mass is 79.9. The van der Waals surface area contributed by atoms with Gasteiger partial charge >= 0.3 is 0 Å². The quantitative estimate of drug-likeness (QED) is 0.683. The third kappa shape index (κ3) is 4.62. The van der Waals surface area contributed by atoms with Crippen LogP contribution in [0, 0.1) is 0 Å². The zero-order valence-electron chi connectivity index (χ0n) is 13.1. The number of hydrogen-bond donors (Lipinski definition) is 0. The molecular formula is C17H26BrNO2. The molecule has 1 aliphatic carbocycles. The minimum absolute atomic E-state index is 0.726. The van der Waals surface area contributed by atoms with Crippen molar-refractivity contribution in [2.75, 3.05) is 26.1 Å². The SMILES string of the molecule is COc1ccc(CN(CCBr)C2CCCCC2)cc1OC. The average molecular weight is 356 g/mol. The Morgan fingerprint density at radius 2 is 1.81 bits per heavy atom. The normalized spacial score (nSPS) is 16.2. The fourth-order valence-electron chi connectivity index (χ4n) is 3.16. The molecule has 0 aromatic heterocycles. The number of hydrogen-bond acceptors (Lipinski definition) is 3. The summed E-state index contributed by atoms with van der Waals surface area (Å²) < 4.78 is 10.7. The van der Waals surface area contributed by atoms with Crippen molar-refractivity contribution in [3.8, 4) is 11.5 Å². The molecule has 0 bridgehead atoms. The third-order valence-electron chi connectivity index (χ3n) is 4.30. The van der Waals surface area contributed by atoms with Crippen molar-refractivity contribution in [2.45, 2.75) is 44.7 Å². The molecular weight excluding hydrogens is 330 g/mol. The van der Waals surface area contributed by atoms with E-state index in [0.717, 1.165) is 36.0 Å². The summed E-state index contributed by atoms with van der Waals surface area (Å²) >= 11 is 3.59. The van der Waals surface area contributed by atoms with Gasteiger partial charge in [-0.1, -0.05) is 41.3 Å². The molecule has 0 atom stereocenters. The van der Waals surface area contributed by atoms with Gasteiger partial charge in [-0.3, -0.25) is 4.90 Å². The second-order valence-electron chi connectivity index (χ2n) is 5.64. The number of ether oxygens (including phenoxy) is 2. The molecule has 1 aromatic rings. The minimum Gasteiger partial charge on any atom is -0.493 e. The van der Waals surface area contributed by atoms with Crippen LogP contribution in [-0.2, 0) is 6.54 Å². The van der Waals surface area contributed by atoms with Crippen LogP contribution in [0.5, 0.6) is 11.5 Å². The summed E-state index contributed by atoms with van der Waals surface area (Å²) in [5.41, 5.74) is 1.29. The van der Waals surface area contributed by atoms with Gasteiger partial charge in [-0.05, 0) is 30.5 Å². The lowest BCUT2D eigenvalue weighted by Gasteiger charge is -2.34. The van der Waals surface area contributed by atoms with Gasteiger partial charge < -0.3 is 9.47 Å². The molecule has 0 radical (unpaired) electrons. The molecule has 0 heterocycles. The summed E-state index contributed by atoms with van der Waals surface area (Å²) in [5.74, 6) is 1.61. The standard InChI is InChI=1S/C17H26BrNO2/c1-20-16-9-8-14(12-17(16)21-2)13-19(11-10-18)15-6-4-3-5-7-15/h8-9,12,15H,3-7,10-11,13H2,1-2H3. The van der Waals surface area contributed by atoms with Crippen molar-refractivity contribution in [1.82, 2.24) is 4.90 Å². The topological polar surface area (TPSA) is 21.7 Å². The van der Waals surface area contributed by atoms with Crippen LogP contribution in [0.15, 0.2) is 18.2 Å². The molecule has 3 nitrogen and oxygen atoms in total.